The second-order valence-corrected chi connectivity index (χ2v) is 12.0. The van der Waals surface area contributed by atoms with Gasteiger partial charge in [-0.25, -0.2) is 8.42 Å². The summed E-state index contributed by atoms with van der Waals surface area (Å²) in [5.41, 5.74) is 2.09. The summed E-state index contributed by atoms with van der Waals surface area (Å²) in [5, 5.41) is 0. The number of ketones is 1. The van der Waals surface area contributed by atoms with Gasteiger partial charge in [0.05, 0.1) is 16.1 Å². The van der Waals surface area contributed by atoms with E-state index in [1.807, 2.05) is 46.8 Å². The van der Waals surface area contributed by atoms with Crippen molar-refractivity contribution in [1.29, 1.82) is 0 Å². The number of aryl methyl sites for hydroxylation is 1. The van der Waals surface area contributed by atoms with Crippen molar-refractivity contribution < 1.29 is 22.5 Å². The van der Waals surface area contributed by atoms with Crippen molar-refractivity contribution in [2.75, 3.05) is 13.1 Å². The van der Waals surface area contributed by atoms with Crippen LogP contribution < -0.4 is 0 Å². The molecule has 0 radical (unpaired) electrons. The van der Waals surface area contributed by atoms with E-state index in [9.17, 15) is 13.2 Å². The molecule has 4 rings (SSSR count). The number of rotatable bonds is 4. The topological polar surface area (TPSA) is 72.9 Å². The number of benzene rings is 1. The Labute approximate surface area is 186 Å². The Balaban J connectivity index is 1.71. The predicted molar refractivity (Wildman–Crippen MR) is 120 cm³/mol. The number of sulfonamides is 1. The molecule has 0 aromatic heterocycles. The summed E-state index contributed by atoms with van der Waals surface area (Å²) < 4.78 is 40.8. The second-order valence-electron chi connectivity index (χ2n) is 10.1. The molecule has 1 aliphatic carbocycles. The molecule has 0 amide bonds. The quantitative estimate of drug-likeness (QED) is 0.663. The molecule has 0 N–H and O–H groups in total. The summed E-state index contributed by atoms with van der Waals surface area (Å²) in [6.07, 6.45) is 1.38. The van der Waals surface area contributed by atoms with Gasteiger partial charge in [0.25, 0.3) is 0 Å². The van der Waals surface area contributed by atoms with Crippen LogP contribution in [0.5, 0.6) is 0 Å². The van der Waals surface area contributed by atoms with Crippen LogP contribution in [0.3, 0.4) is 0 Å². The lowest BCUT2D eigenvalue weighted by Gasteiger charge is -2.32. The van der Waals surface area contributed by atoms with E-state index in [1.165, 1.54) is 4.31 Å². The first-order valence-corrected chi connectivity index (χ1v) is 12.4. The van der Waals surface area contributed by atoms with Crippen LogP contribution in [-0.4, -0.2) is 49.9 Å². The number of hydrogen-bond acceptors (Lipinski definition) is 5. The van der Waals surface area contributed by atoms with Gasteiger partial charge in [0.2, 0.25) is 10.0 Å². The highest BCUT2D eigenvalue weighted by Gasteiger charge is 2.55. The zero-order valence-corrected chi connectivity index (χ0v) is 20.1. The van der Waals surface area contributed by atoms with E-state index in [-0.39, 0.29) is 29.1 Å². The molecular weight excluding hydrogens is 413 g/mol. The van der Waals surface area contributed by atoms with Crippen LogP contribution in [-0.2, 0) is 24.1 Å². The Morgan fingerprint density at radius 1 is 1.10 bits per heavy atom. The van der Waals surface area contributed by atoms with Crippen molar-refractivity contribution in [3.63, 3.8) is 0 Å². The van der Waals surface area contributed by atoms with Crippen molar-refractivity contribution in [3.8, 4) is 0 Å². The van der Waals surface area contributed by atoms with E-state index < -0.39 is 28.3 Å². The predicted octanol–water partition coefficient (Wildman–Crippen LogP) is 3.54. The van der Waals surface area contributed by atoms with E-state index >= 15 is 0 Å². The van der Waals surface area contributed by atoms with Crippen molar-refractivity contribution in [1.82, 2.24) is 4.31 Å². The fourth-order valence-corrected chi connectivity index (χ4v) is 6.31. The maximum absolute atomic E-state index is 13.4. The van der Waals surface area contributed by atoms with Gasteiger partial charge in [-0.2, -0.15) is 4.31 Å². The number of carbonyl (C=O) groups is 1. The van der Waals surface area contributed by atoms with Gasteiger partial charge in [0.15, 0.2) is 0 Å². The molecule has 0 saturated carbocycles. The van der Waals surface area contributed by atoms with Gasteiger partial charge >= 0.3 is 7.12 Å². The third-order valence-corrected chi connectivity index (χ3v) is 9.36. The van der Waals surface area contributed by atoms with Crippen LogP contribution in [0.15, 0.2) is 40.2 Å². The molecule has 0 spiro atoms. The summed E-state index contributed by atoms with van der Waals surface area (Å²) in [5.74, 6) is -0.176. The smallest absolute Gasteiger partial charge is 0.400 e. The molecule has 2 aliphatic heterocycles. The molecule has 1 aromatic rings. The van der Waals surface area contributed by atoms with Crippen molar-refractivity contribution in [3.05, 3.63) is 40.9 Å². The average Bonchev–Trinajstić information content (AvgIpc) is 3.20. The van der Waals surface area contributed by atoms with Crippen LogP contribution in [0.2, 0.25) is 0 Å². The van der Waals surface area contributed by atoms with Gasteiger partial charge in [0.1, 0.15) is 5.78 Å². The standard InChI is InChI=1S/C23H32BNO5S/c1-15-7-9-17(10-8-15)31(27,28)25-13-19-18(16(2)26)11-12-21(20(19)14-25)24-29-22(3,4)23(5,6)30-24/h7-10,18-19H,11-14H2,1-6H3. The number of fused-ring (bicyclic) bond motifs is 1. The fourth-order valence-electron chi connectivity index (χ4n) is 4.87. The van der Waals surface area contributed by atoms with E-state index in [4.69, 9.17) is 9.31 Å². The Bertz CT molecular complexity index is 1010. The van der Waals surface area contributed by atoms with Crippen molar-refractivity contribution >= 4 is 22.9 Å². The van der Waals surface area contributed by atoms with Gasteiger partial charge in [-0.15, -0.1) is 0 Å². The Hall–Kier alpha value is -1.48. The van der Waals surface area contributed by atoms with Crippen molar-refractivity contribution in [2.24, 2.45) is 11.8 Å². The molecule has 2 saturated heterocycles. The lowest BCUT2D eigenvalue weighted by atomic mass is 9.63. The molecule has 6 nitrogen and oxygen atoms in total. The normalized spacial score (nSPS) is 28.1. The Kier molecular flexibility index (Phi) is 5.53. The SMILES string of the molecule is CC(=O)C1CCC(B2OC(C)(C)C(C)(C)O2)=C2CN(S(=O)(=O)c3ccc(C)cc3)CC21. The molecule has 2 atom stereocenters. The first-order valence-electron chi connectivity index (χ1n) is 11.0. The molecule has 3 aliphatic rings. The first-order chi connectivity index (χ1) is 14.3. The van der Waals surface area contributed by atoms with E-state index in [0.717, 1.165) is 16.6 Å². The summed E-state index contributed by atoms with van der Waals surface area (Å²) >= 11 is 0. The summed E-state index contributed by atoms with van der Waals surface area (Å²) in [4.78, 5) is 12.7. The first kappa shape index (κ1) is 22.7. The summed E-state index contributed by atoms with van der Waals surface area (Å²) in [6, 6.07) is 6.92. The van der Waals surface area contributed by atoms with E-state index in [1.54, 1.807) is 19.1 Å². The largest absolute Gasteiger partial charge is 0.490 e. The maximum Gasteiger partial charge on any atom is 0.490 e. The van der Waals surface area contributed by atoms with Crippen LogP contribution in [0.1, 0.15) is 53.0 Å². The van der Waals surface area contributed by atoms with Gasteiger partial charge in [-0.3, -0.25) is 4.79 Å². The second kappa shape index (κ2) is 7.54. The van der Waals surface area contributed by atoms with E-state index in [0.29, 0.717) is 19.4 Å². The van der Waals surface area contributed by atoms with Crippen LogP contribution in [0, 0.1) is 18.8 Å². The molecule has 31 heavy (non-hydrogen) atoms. The molecule has 168 valence electrons. The van der Waals surface area contributed by atoms with Gasteiger partial charge in [0, 0.05) is 24.9 Å². The maximum atomic E-state index is 13.4. The third-order valence-electron chi connectivity index (χ3n) is 7.54. The molecule has 2 unspecified atom stereocenters. The Morgan fingerprint density at radius 3 is 2.23 bits per heavy atom. The molecule has 2 fully saturated rings. The molecule has 2 heterocycles. The highest BCUT2D eigenvalue weighted by atomic mass is 32.2. The van der Waals surface area contributed by atoms with Gasteiger partial charge in [-0.1, -0.05) is 23.3 Å². The highest BCUT2D eigenvalue weighted by molar-refractivity contribution is 7.89. The minimum Gasteiger partial charge on any atom is -0.400 e. The monoisotopic (exact) mass is 445 g/mol. The highest BCUT2D eigenvalue weighted by Crippen LogP contribution is 2.46. The molecular formula is C23H32BNO5S. The van der Waals surface area contributed by atoms with Crippen molar-refractivity contribution in [2.45, 2.75) is 70.5 Å². The lowest BCUT2D eigenvalue weighted by Crippen LogP contribution is -2.41. The third kappa shape index (κ3) is 3.82. The number of nitrogens with zero attached hydrogens (tertiary/aromatic N) is 1. The number of carbonyl (C=O) groups excluding carboxylic acids is 1. The van der Waals surface area contributed by atoms with Crippen LogP contribution in [0.4, 0.5) is 0 Å². The zero-order chi connectivity index (χ0) is 22.8. The average molecular weight is 445 g/mol. The minimum absolute atomic E-state index is 0.116. The number of hydrogen-bond donors (Lipinski definition) is 0. The fraction of sp³-hybridized carbons (Fsp3) is 0.609. The molecule has 1 aromatic carbocycles. The number of Topliss-reactive ketones (excluding diaryl/α,β-unsaturated/α-hetero) is 1. The van der Waals surface area contributed by atoms with Gasteiger partial charge < -0.3 is 9.31 Å². The summed E-state index contributed by atoms with van der Waals surface area (Å²) in [7, 11) is -4.15. The van der Waals surface area contributed by atoms with Crippen LogP contribution in [0.25, 0.3) is 0 Å². The van der Waals surface area contributed by atoms with Crippen LogP contribution >= 0.6 is 0 Å². The number of allylic oxidation sites excluding steroid dienone is 1. The molecule has 8 heteroatoms. The lowest BCUT2D eigenvalue weighted by molar-refractivity contribution is -0.122. The minimum atomic E-state index is -3.65. The Morgan fingerprint density at radius 2 is 1.68 bits per heavy atom. The molecule has 0 bridgehead atoms. The van der Waals surface area contributed by atoms with E-state index in [2.05, 4.69) is 0 Å². The summed E-state index contributed by atoms with van der Waals surface area (Å²) in [6.45, 7) is 12.2. The zero-order valence-electron chi connectivity index (χ0n) is 19.3. The van der Waals surface area contributed by atoms with Gasteiger partial charge in [-0.05, 0) is 72.0 Å².